The Morgan fingerprint density at radius 3 is 2.47 bits per heavy atom. The number of esters is 1. The van der Waals surface area contributed by atoms with Crippen molar-refractivity contribution in [2.75, 3.05) is 19.6 Å². The topological polar surface area (TPSA) is 86.0 Å². The number of rotatable bonds is 5. The van der Waals surface area contributed by atoms with E-state index >= 15 is 0 Å². The summed E-state index contributed by atoms with van der Waals surface area (Å²) in [5.74, 6) is 1.03. The Labute approximate surface area is 189 Å². The molecule has 2 aromatic carbocycles. The maximum absolute atomic E-state index is 11.9. The van der Waals surface area contributed by atoms with Crippen molar-refractivity contribution in [3.8, 4) is 17.1 Å². The molecular weight excluding hydrogens is 426 g/mol. The Kier molecular flexibility index (Phi) is 5.96. The van der Waals surface area contributed by atoms with Crippen molar-refractivity contribution < 1.29 is 18.7 Å². The summed E-state index contributed by atoms with van der Waals surface area (Å²) in [6.07, 6.45) is 0. The predicted molar refractivity (Wildman–Crippen MR) is 125 cm³/mol. The Bertz CT molecular complexity index is 1370. The minimum Gasteiger partial charge on any atom is -0.497 e. The lowest BCUT2D eigenvalue weighted by Crippen LogP contribution is -2.08. The number of hydrogen-bond donors (Lipinski definition) is 1. The van der Waals surface area contributed by atoms with Gasteiger partial charge in [-0.2, -0.15) is 5.10 Å². The molecule has 0 unspecified atom stereocenters. The second-order valence-electron chi connectivity index (χ2n) is 7.31. The van der Waals surface area contributed by atoms with E-state index in [1.54, 1.807) is 14.0 Å². The molecule has 0 bridgehead atoms. The number of anilines is 1. The summed E-state index contributed by atoms with van der Waals surface area (Å²) in [5.41, 5.74) is 7.48. The first kappa shape index (κ1) is 21.6. The van der Waals surface area contributed by atoms with Gasteiger partial charge in [-0.05, 0) is 68.3 Å². The summed E-state index contributed by atoms with van der Waals surface area (Å²) in [7, 11) is 2.98. The van der Waals surface area contributed by atoms with Gasteiger partial charge in [0.05, 0.1) is 25.3 Å². The molecule has 0 saturated carbocycles. The number of nitrogens with zero attached hydrogens (tertiary/aromatic N) is 2. The van der Waals surface area contributed by atoms with Gasteiger partial charge in [0.2, 0.25) is 5.13 Å². The zero-order valence-electron chi connectivity index (χ0n) is 18.5. The molecule has 32 heavy (non-hydrogen) atoms. The maximum Gasteiger partial charge on any atom is 0.350 e. The number of aromatic nitrogens is 1. The van der Waals surface area contributed by atoms with E-state index in [0.717, 1.165) is 33.4 Å². The normalized spacial score (nSPS) is 11.6. The van der Waals surface area contributed by atoms with Gasteiger partial charge in [-0.3, -0.25) is 5.43 Å². The third kappa shape index (κ3) is 4.22. The molecule has 0 aliphatic rings. The number of fused-ring (bicyclic) bond motifs is 1. The van der Waals surface area contributed by atoms with E-state index in [1.165, 1.54) is 18.4 Å². The van der Waals surface area contributed by atoms with Gasteiger partial charge in [0.1, 0.15) is 22.0 Å². The average Bonchev–Trinajstić information content (AvgIpc) is 3.18. The summed E-state index contributed by atoms with van der Waals surface area (Å²) in [4.78, 5) is 16.7. The fourth-order valence-corrected chi connectivity index (χ4v) is 4.08. The number of carbonyl (C=O) groups excluding carboxylic acids is 1. The maximum atomic E-state index is 11.9. The summed E-state index contributed by atoms with van der Waals surface area (Å²) in [6.45, 7) is 5.86. The first-order valence-corrected chi connectivity index (χ1v) is 10.8. The molecule has 2 aromatic heterocycles. The molecule has 8 heteroatoms. The van der Waals surface area contributed by atoms with E-state index in [-0.39, 0.29) is 0 Å². The number of methoxy groups -OCH3 is 2. The zero-order valence-corrected chi connectivity index (χ0v) is 19.3. The molecule has 0 atom stereocenters. The van der Waals surface area contributed by atoms with Crippen LogP contribution in [0.25, 0.3) is 22.3 Å². The molecule has 0 saturated heterocycles. The summed E-state index contributed by atoms with van der Waals surface area (Å²) in [6, 6.07) is 13.6. The van der Waals surface area contributed by atoms with Crippen molar-refractivity contribution >= 4 is 33.4 Å². The van der Waals surface area contributed by atoms with Crippen molar-refractivity contribution in [1.29, 1.82) is 0 Å². The number of thiazole rings is 1. The van der Waals surface area contributed by atoms with Crippen LogP contribution in [0.2, 0.25) is 0 Å². The van der Waals surface area contributed by atoms with Crippen LogP contribution in [0.5, 0.6) is 5.75 Å². The molecule has 4 rings (SSSR count). The Balaban J connectivity index is 1.82. The molecule has 0 radical (unpaired) electrons. The van der Waals surface area contributed by atoms with Crippen molar-refractivity contribution in [2.24, 2.45) is 5.10 Å². The van der Waals surface area contributed by atoms with Crippen LogP contribution in [0.15, 0.2) is 52.0 Å². The van der Waals surface area contributed by atoms with Crippen molar-refractivity contribution in [3.05, 3.63) is 69.5 Å². The van der Waals surface area contributed by atoms with Gasteiger partial charge < -0.3 is 13.9 Å². The van der Waals surface area contributed by atoms with E-state index in [2.05, 4.69) is 28.5 Å². The third-order valence-electron chi connectivity index (χ3n) is 5.17. The molecule has 0 aliphatic heterocycles. The van der Waals surface area contributed by atoms with Gasteiger partial charge in [-0.1, -0.05) is 11.3 Å². The number of carbonyl (C=O) groups is 1. The quantitative estimate of drug-likeness (QED) is 0.333. The molecule has 0 spiro atoms. The second-order valence-corrected chi connectivity index (χ2v) is 8.30. The summed E-state index contributed by atoms with van der Waals surface area (Å²) in [5, 5.41) is 6.68. The van der Waals surface area contributed by atoms with Crippen LogP contribution in [-0.4, -0.2) is 25.2 Å². The van der Waals surface area contributed by atoms with Crippen molar-refractivity contribution in [2.45, 2.75) is 20.8 Å². The SMILES string of the molecule is COC(=O)c1sc(NN=c2cc(-c3ccc(OC)cc3)oc3cc(C)c(C)cc23)nc1C. The lowest BCUT2D eigenvalue weighted by atomic mass is 10.1. The molecular formula is C24H23N3O4S. The van der Waals surface area contributed by atoms with E-state index in [1.807, 2.05) is 43.3 Å². The first-order valence-electron chi connectivity index (χ1n) is 9.94. The number of aryl methyl sites for hydroxylation is 3. The molecule has 0 fully saturated rings. The molecule has 0 aliphatic carbocycles. The van der Waals surface area contributed by atoms with Gasteiger partial charge >= 0.3 is 5.97 Å². The van der Waals surface area contributed by atoms with E-state index < -0.39 is 5.97 Å². The predicted octanol–water partition coefficient (Wildman–Crippen LogP) is 5.20. The van der Waals surface area contributed by atoms with E-state index in [0.29, 0.717) is 26.8 Å². The highest BCUT2D eigenvalue weighted by Gasteiger charge is 2.15. The number of nitrogens with one attached hydrogen (secondary N) is 1. The lowest BCUT2D eigenvalue weighted by molar-refractivity contribution is 0.0605. The number of hydrogen-bond acceptors (Lipinski definition) is 8. The molecule has 1 N–H and O–H groups in total. The zero-order chi connectivity index (χ0) is 22.8. The van der Waals surface area contributed by atoms with Crippen LogP contribution in [0.4, 0.5) is 5.13 Å². The smallest absolute Gasteiger partial charge is 0.350 e. The molecule has 2 heterocycles. The van der Waals surface area contributed by atoms with Gasteiger partial charge in [0, 0.05) is 17.0 Å². The number of ether oxygens (including phenoxy) is 2. The third-order valence-corrected chi connectivity index (χ3v) is 6.22. The second kappa shape index (κ2) is 8.84. The highest BCUT2D eigenvalue weighted by molar-refractivity contribution is 7.17. The Morgan fingerprint density at radius 1 is 1.06 bits per heavy atom. The van der Waals surface area contributed by atoms with Gasteiger partial charge in [0.25, 0.3) is 0 Å². The van der Waals surface area contributed by atoms with Gasteiger partial charge in [0.15, 0.2) is 0 Å². The highest BCUT2D eigenvalue weighted by Crippen LogP contribution is 2.26. The van der Waals surface area contributed by atoms with Crippen molar-refractivity contribution in [3.63, 3.8) is 0 Å². The molecule has 0 amide bonds. The summed E-state index contributed by atoms with van der Waals surface area (Å²) >= 11 is 1.20. The lowest BCUT2D eigenvalue weighted by Gasteiger charge is -2.08. The molecule has 164 valence electrons. The van der Waals surface area contributed by atoms with Crippen molar-refractivity contribution in [1.82, 2.24) is 4.98 Å². The van der Waals surface area contributed by atoms with Crippen LogP contribution in [-0.2, 0) is 4.74 Å². The van der Waals surface area contributed by atoms with Gasteiger partial charge in [-0.15, -0.1) is 0 Å². The monoisotopic (exact) mass is 449 g/mol. The minimum atomic E-state index is -0.412. The molecule has 4 aromatic rings. The Morgan fingerprint density at radius 2 is 1.78 bits per heavy atom. The van der Waals surface area contributed by atoms with Crippen LogP contribution >= 0.6 is 11.3 Å². The minimum absolute atomic E-state index is 0.412. The fourth-order valence-electron chi connectivity index (χ4n) is 3.25. The standard InChI is InChI=1S/C24H23N3O4S/c1-13-10-18-19(26-27-24-25-15(3)22(32-24)23(28)30-5)12-20(31-21(18)11-14(13)2)16-6-8-17(29-4)9-7-16/h6-12H,1-5H3,(H,25,27). The van der Waals surface area contributed by atoms with Crippen LogP contribution in [0.3, 0.4) is 0 Å². The highest BCUT2D eigenvalue weighted by atomic mass is 32.1. The van der Waals surface area contributed by atoms with Crippen LogP contribution in [0.1, 0.15) is 26.5 Å². The van der Waals surface area contributed by atoms with E-state index in [4.69, 9.17) is 13.9 Å². The first-order chi connectivity index (χ1) is 15.4. The fraction of sp³-hybridized carbons (Fsp3) is 0.208. The van der Waals surface area contributed by atoms with Gasteiger partial charge in [-0.25, -0.2) is 9.78 Å². The van der Waals surface area contributed by atoms with Crippen LogP contribution < -0.4 is 15.5 Å². The average molecular weight is 450 g/mol. The Hall–Kier alpha value is -3.65. The van der Waals surface area contributed by atoms with E-state index in [9.17, 15) is 4.79 Å². The molecule has 7 nitrogen and oxygen atoms in total. The number of benzene rings is 2. The van der Waals surface area contributed by atoms with Crippen LogP contribution in [0, 0.1) is 20.8 Å². The summed E-state index contributed by atoms with van der Waals surface area (Å²) < 4.78 is 16.3. The largest absolute Gasteiger partial charge is 0.497 e.